The Bertz CT molecular complexity index is 345. The normalized spacial score (nSPS) is 34.4. The average Bonchev–Trinajstić information content (AvgIpc) is 2.45. The molecule has 0 bridgehead atoms. The number of hydrogen-bond donors (Lipinski definition) is 5. The van der Waals surface area contributed by atoms with Gasteiger partial charge in [-0.2, -0.15) is 0 Å². The number of carbonyl (C=O) groups excluding carboxylic acids is 1. The number of aliphatic hydroxyl groups excluding tert-OH is 4. The molecule has 0 radical (unpaired) electrons. The summed E-state index contributed by atoms with van der Waals surface area (Å²) in [6.45, 7) is -0.522. The Morgan fingerprint density at radius 2 is 1.76 bits per heavy atom. The molecule has 1 aliphatic rings. The van der Waals surface area contributed by atoms with Crippen LogP contribution in [0.5, 0.6) is 0 Å². The minimum Gasteiger partial charge on any atom is -0.481 e. The van der Waals surface area contributed by atoms with Crippen LogP contribution in [0.1, 0.15) is 25.7 Å². The molecule has 1 heterocycles. The fourth-order valence-electron chi connectivity index (χ4n) is 2.43. The van der Waals surface area contributed by atoms with Crippen LogP contribution in [0.25, 0.3) is 0 Å². The van der Waals surface area contributed by atoms with Crippen LogP contribution in [0.3, 0.4) is 0 Å². The third-order valence-electron chi connectivity index (χ3n) is 3.68. The van der Waals surface area contributed by atoms with E-state index in [9.17, 15) is 24.9 Å². The highest BCUT2D eigenvalue weighted by atomic mass is 16.5. The van der Waals surface area contributed by atoms with Gasteiger partial charge in [-0.15, -0.1) is 0 Å². The fourth-order valence-corrected chi connectivity index (χ4v) is 2.43. The SMILES string of the molecule is O=CC(CCCC(=O)O)C[C@@H]1O[C@H](CO)[C@@H](O)[C@H](O)[C@H]1O. The Morgan fingerprint density at radius 1 is 1.14 bits per heavy atom. The number of rotatable bonds is 8. The van der Waals surface area contributed by atoms with Crippen LogP contribution < -0.4 is 0 Å². The zero-order valence-electron chi connectivity index (χ0n) is 11.5. The maximum absolute atomic E-state index is 11.0. The van der Waals surface area contributed by atoms with Gasteiger partial charge in [-0.1, -0.05) is 0 Å². The maximum Gasteiger partial charge on any atom is 0.303 e. The van der Waals surface area contributed by atoms with Crippen molar-refractivity contribution < 1.29 is 39.9 Å². The molecule has 8 nitrogen and oxygen atoms in total. The number of aliphatic carboxylic acids is 1. The first kappa shape index (κ1) is 18.0. The predicted octanol–water partition coefficient (Wildman–Crippen LogP) is -1.71. The average molecular weight is 306 g/mol. The lowest BCUT2D eigenvalue weighted by atomic mass is 9.88. The first-order valence-corrected chi connectivity index (χ1v) is 6.88. The van der Waals surface area contributed by atoms with Crippen LogP contribution in [-0.2, 0) is 14.3 Å². The summed E-state index contributed by atoms with van der Waals surface area (Å²) in [5.41, 5.74) is 0. The minimum atomic E-state index is -1.47. The lowest BCUT2D eigenvalue weighted by molar-refractivity contribution is -0.232. The summed E-state index contributed by atoms with van der Waals surface area (Å²) in [5, 5.41) is 46.8. The van der Waals surface area contributed by atoms with Gasteiger partial charge in [0, 0.05) is 12.3 Å². The van der Waals surface area contributed by atoms with E-state index in [4.69, 9.17) is 14.9 Å². The van der Waals surface area contributed by atoms with Crippen molar-refractivity contribution in [1.82, 2.24) is 0 Å². The molecular formula is C13H22O8. The molecule has 0 aliphatic carbocycles. The third kappa shape index (κ3) is 5.01. The van der Waals surface area contributed by atoms with E-state index in [1.807, 2.05) is 0 Å². The largest absolute Gasteiger partial charge is 0.481 e. The van der Waals surface area contributed by atoms with E-state index in [-0.39, 0.29) is 12.8 Å². The molecule has 8 heteroatoms. The topological polar surface area (TPSA) is 145 Å². The molecule has 0 aromatic heterocycles. The zero-order valence-corrected chi connectivity index (χ0v) is 11.5. The molecule has 21 heavy (non-hydrogen) atoms. The number of aliphatic hydroxyl groups is 4. The summed E-state index contributed by atoms with van der Waals surface area (Å²) in [5.74, 6) is -1.47. The van der Waals surface area contributed by atoms with Crippen LogP contribution in [0.2, 0.25) is 0 Å². The first-order chi connectivity index (χ1) is 9.90. The predicted molar refractivity (Wildman–Crippen MR) is 69.4 cm³/mol. The second-order valence-corrected chi connectivity index (χ2v) is 5.29. The van der Waals surface area contributed by atoms with Gasteiger partial charge >= 0.3 is 5.97 Å². The first-order valence-electron chi connectivity index (χ1n) is 6.88. The van der Waals surface area contributed by atoms with Crippen molar-refractivity contribution in [2.24, 2.45) is 5.92 Å². The summed E-state index contributed by atoms with van der Waals surface area (Å²) >= 11 is 0. The number of carboxylic acid groups (broad SMARTS) is 1. The van der Waals surface area contributed by atoms with Gasteiger partial charge < -0.3 is 35.1 Å². The van der Waals surface area contributed by atoms with Crippen LogP contribution >= 0.6 is 0 Å². The maximum atomic E-state index is 11.0. The van der Waals surface area contributed by atoms with E-state index in [0.717, 1.165) is 0 Å². The molecule has 1 saturated heterocycles. The van der Waals surface area contributed by atoms with E-state index in [1.54, 1.807) is 0 Å². The Labute approximate surface area is 122 Å². The fraction of sp³-hybridized carbons (Fsp3) is 0.846. The van der Waals surface area contributed by atoms with Crippen molar-refractivity contribution in [2.45, 2.75) is 56.2 Å². The molecular weight excluding hydrogens is 284 g/mol. The molecule has 1 rings (SSSR count). The molecule has 1 unspecified atom stereocenters. The Morgan fingerprint density at radius 3 is 2.29 bits per heavy atom. The monoisotopic (exact) mass is 306 g/mol. The van der Waals surface area contributed by atoms with E-state index >= 15 is 0 Å². The van der Waals surface area contributed by atoms with Gasteiger partial charge in [-0.25, -0.2) is 0 Å². The summed E-state index contributed by atoms with van der Waals surface area (Å²) in [7, 11) is 0. The van der Waals surface area contributed by atoms with Gasteiger partial charge in [-0.3, -0.25) is 4.79 Å². The van der Waals surface area contributed by atoms with Crippen LogP contribution in [0.15, 0.2) is 0 Å². The van der Waals surface area contributed by atoms with E-state index in [2.05, 4.69) is 0 Å². The molecule has 6 atom stereocenters. The van der Waals surface area contributed by atoms with Crippen LogP contribution in [-0.4, -0.2) is 74.9 Å². The van der Waals surface area contributed by atoms with E-state index < -0.39 is 49.0 Å². The summed E-state index contributed by atoms with van der Waals surface area (Å²) < 4.78 is 5.31. The zero-order chi connectivity index (χ0) is 16.0. The van der Waals surface area contributed by atoms with Crippen molar-refractivity contribution in [3.8, 4) is 0 Å². The Hall–Kier alpha value is -1.06. The van der Waals surface area contributed by atoms with Gasteiger partial charge in [0.25, 0.3) is 0 Å². The number of carbonyl (C=O) groups is 2. The molecule has 1 aliphatic heterocycles. The molecule has 0 aromatic carbocycles. The smallest absolute Gasteiger partial charge is 0.303 e. The summed E-state index contributed by atoms with van der Waals surface area (Å²) in [6.07, 6.45) is -4.84. The van der Waals surface area contributed by atoms with E-state index in [0.29, 0.717) is 19.1 Å². The van der Waals surface area contributed by atoms with Crippen molar-refractivity contribution in [2.75, 3.05) is 6.61 Å². The molecule has 0 amide bonds. The minimum absolute atomic E-state index is 0.0565. The summed E-state index contributed by atoms with van der Waals surface area (Å²) in [6, 6.07) is 0. The van der Waals surface area contributed by atoms with Gasteiger partial charge in [0.1, 0.15) is 30.7 Å². The van der Waals surface area contributed by atoms with Crippen LogP contribution in [0.4, 0.5) is 0 Å². The number of aldehydes is 1. The molecule has 0 aromatic rings. The number of ether oxygens (including phenoxy) is 1. The van der Waals surface area contributed by atoms with Crippen molar-refractivity contribution in [1.29, 1.82) is 0 Å². The second kappa shape index (κ2) is 8.40. The van der Waals surface area contributed by atoms with Gasteiger partial charge in [0.15, 0.2) is 0 Å². The highest BCUT2D eigenvalue weighted by Gasteiger charge is 2.43. The second-order valence-electron chi connectivity index (χ2n) is 5.29. The molecule has 0 spiro atoms. The highest BCUT2D eigenvalue weighted by Crippen LogP contribution is 2.26. The molecule has 0 saturated carbocycles. The number of carboxylic acids is 1. The van der Waals surface area contributed by atoms with Gasteiger partial charge in [-0.05, 0) is 19.3 Å². The van der Waals surface area contributed by atoms with Crippen molar-refractivity contribution >= 4 is 12.3 Å². The quantitative estimate of drug-likeness (QED) is 0.333. The van der Waals surface area contributed by atoms with Gasteiger partial charge in [0.05, 0.1) is 12.7 Å². The van der Waals surface area contributed by atoms with Gasteiger partial charge in [0.2, 0.25) is 0 Å². The summed E-state index contributed by atoms with van der Waals surface area (Å²) in [4.78, 5) is 21.4. The lowest BCUT2D eigenvalue weighted by Crippen LogP contribution is -2.58. The molecule has 5 N–H and O–H groups in total. The standard InChI is InChI=1S/C13H22O8/c14-5-7(2-1-3-10(16)17)4-8-11(18)13(20)12(19)9(6-15)21-8/h5,7-9,11-13,15,18-20H,1-4,6H2,(H,16,17)/t7?,8-,9+,11-,12+,13+/m0/s1. The third-order valence-corrected chi connectivity index (χ3v) is 3.68. The number of hydrogen-bond acceptors (Lipinski definition) is 7. The van der Waals surface area contributed by atoms with Crippen LogP contribution in [0, 0.1) is 5.92 Å². The van der Waals surface area contributed by atoms with Crippen molar-refractivity contribution in [3.05, 3.63) is 0 Å². The highest BCUT2D eigenvalue weighted by molar-refractivity contribution is 5.66. The van der Waals surface area contributed by atoms with Crippen molar-refractivity contribution in [3.63, 3.8) is 0 Å². The lowest BCUT2D eigenvalue weighted by Gasteiger charge is -2.40. The van der Waals surface area contributed by atoms with E-state index in [1.165, 1.54) is 0 Å². The Balaban J connectivity index is 2.57. The Kier molecular flexibility index (Phi) is 7.20. The molecule has 122 valence electrons. The molecule has 1 fully saturated rings.